The van der Waals surface area contributed by atoms with Crippen molar-refractivity contribution in [2.45, 2.75) is 26.8 Å². The molecule has 0 aliphatic carbocycles. The number of rotatable bonds is 8. The number of para-hydroxylation sites is 2. The number of benzene rings is 2. The van der Waals surface area contributed by atoms with Gasteiger partial charge in [-0.1, -0.05) is 26.0 Å². The van der Waals surface area contributed by atoms with Gasteiger partial charge in [0.2, 0.25) is 5.91 Å². The third-order valence-corrected chi connectivity index (χ3v) is 5.04. The highest BCUT2D eigenvalue weighted by atomic mass is 16.5. The highest BCUT2D eigenvalue weighted by molar-refractivity contribution is 6.10. The lowest BCUT2D eigenvalue weighted by molar-refractivity contribution is -0.150. The summed E-state index contributed by atoms with van der Waals surface area (Å²) >= 11 is 0. The SMILES string of the molecule is CCOc1ccc(C(=O)N[C@H](C(=O)OCC(=O)N2CC(=O)Nc3ccccc32)C(C)C)cc1. The monoisotopic (exact) mass is 453 g/mol. The van der Waals surface area contributed by atoms with E-state index in [1.165, 1.54) is 4.90 Å². The molecule has 3 amide bonds. The lowest BCUT2D eigenvalue weighted by atomic mass is 10.0. The maximum Gasteiger partial charge on any atom is 0.329 e. The second-order valence-corrected chi connectivity index (χ2v) is 7.81. The smallest absolute Gasteiger partial charge is 0.329 e. The van der Waals surface area contributed by atoms with Crippen molar-refractivity contribution >= 4 is 35.1 Å². The van der Waals surface area contributed by atoms with E-state index in [0.717, 1.165) is 0 Å². The number of carbonyl (C=O) groups excluding carboxylic acids is 4. The Morgan fingerprint density at radius 3 is 2.45 bits per heavy atom. The molecule has 174 valence electrons. The maximum absolute atomic E-state index is 12.7. The van der Waals surface area contributed by atoms with Gasteiger partial charge in [-0.3, -0.25) is 19.3 Å². The standard InChI is InChI=1S/C24H27N3O6/c1-4-32-17-11-9-16(10-12-17)23(30)26-22(15(2)3)24(31)33-14-21(29)27-13-20(28)25-18-7-5-6-8-19(18)27/h5-12,15,22H,4,13-14H2,1-3H3,(H,25,28)(H,26,30)/t22-/m0/s1. The van der Waals surface area contributed by atoms with Crippen LogP contribution in [0.2, 0.25) is 0 Å². The number of nitrogens with one attached hydrogen (secondary N) is 2. The molecule has 9 heteroatoms. The molecule has 9 nitrogen and oxygen atoms in total. The number of carbonyl (C=O) groups is 4. The molecule has 0 saturated carbocycles. The Labute approximate surface area is 192 Å². The molecule has 0 bridgehead atoms. The molecule has 0 saturated heterocycles. The van der Waals surface area contributed by atoms with Crippen molar-refractivity contribution in [1.29, 1.82) is 0 Å². The normalized spacial score (nSPS) is 13.6. The zero-order valence-corrected chi connectivity index (χ0v) is 18.8. The summed E-state index contributed by atoms with van der Waals surface area (Å²) in [7, 11) is 0. The summed E-state index contributed by atoms with van der Waals surface area (Å²) < 4.78 is 10.6. The van der Waals surface area contributed by atoms with Crippen LogP contribution in [0.15, 0.2) is 48.5 Å². The zero-order chi connectivity index (χ0) is 24.0. The van der Waals surface area contributed by atoms with E-state index in [4.69, 9.17) is 9.47 Å². The van der Waals surface area contributed by atoms with E-state index in [-0.39, 0.29) is 18.4 Å². The second-order valence-electron chi connectivity index (χ2n) is 7.81. The van der Waals surface area contributed by atoms with Crippen molar-refractivity contribution < 1.29 is 28.7 Å². The second kappa shape index (κ2) is 10.6. The van der Waals surface area contributed by atoms with E-state index in [9.17, 15) is 19.2 Å². The van der Waals surface area contributed by atoms with Crippen LogP contribution >= 0.6 is 0 Å². The fourth-order valence-electron chi connectivity index (χ4n) is 3.35. The van der Waals surface area contributed by atoms with Crippen molar-refractivity contribution in [1.82, 2.24) is 5.32 Å². The van der Waals surface area contributed by atoms with E-state index in [1.807, 2.05) is 6.92 Å². The van der Waals surface area contributed by atoms with Gasteiger partial charge >= 0.3 is 5.97 Å². The first-order valence-corrected chi connectivity index (χ1v) is 10.7. The summed E-state index contributed by atoms with van der Waals surface area (Å²) in [5.74, 6) is -1.68. The topological polar surface area (TPSA) is 114 Å². The maximum atomic E-state index is 12.7. The Morgan fingerprint density at radius 2 is 1.79 bits per heavy atom. The summed E-state index contributed by atoms with van der Waals surface area (Å²) in [6.45, 7) is 5.18. The molecule has 33 heavy (non-hydrogen) atoms. The fraction of sp³-hybridized carbons (Fsp3) is 0.333. The van der Waals surface area contributed by atoms with Crippen LogP contribution in [0.5, 0.6) is 5.75 Å². The van der Waals surface area contributed by atoms with Crippen LogP contribution in [0.3, 0.4) is 0 Å². The molecular formula is C24H27N3O6. The predicted octanol–water partition coefficient (Wildman–Crippen LogP) is 2.37. The minimum Gasteiger partial charge on any atom is -0.494 e. The molecule has 1 atom stereocenters. The average Bonchev–Trinajstić information content (AvgIpc) is 2.80. The van der Waals surface area contributed by atoms with Gasteiger partial charge in [-0.2, -0.15) is 0 Å². The summed E-state index contributed by atoms with van der Waals surface area (Å²) in [5.41, 5.74) is 1.40. The average molecular weight is 453 g/mol. The fourth-order valence-corrected chi connectivity index (χ4v) is 3.35. The summed E-state index contributed by atoms with van der Waals surface area (Å²) in [6.07, 6.45) is 0. The molecule has 3 rings (SSSR count). The first kappa shape index (κ1) is 23.8. The van der Waals surface area contributed by atoms with Gasteiger partial charge in [-0.15, -0.1) is 0 Å². The quantitative estimate of drug-likeness (QED) is 0.593. The molecule has 0 radical (unpaired) electrons. The lowest BCUT2D eigenvalue weighted by Crippen LogP contribution is -2.47. The van der Waals surface area contributed by atoms with Gasteiger partial charge in [0.1, 0.15) is 18.3 Å². The zero-order valence-electron chi connectivity index (χ0n) is 18.8. The molecule has 0 unspecified atom stereocenters. The number of hydrogen-bond donors (Lipinski definition) is 2. The molecule has 1 heterocycles. The molecular weight excluding hydrogens is 426 g/mol. The van der Waals surface area contributed by atoms with Crippen LogP contribution in [0, 0.1) is 5.92 Å². The Morgan fingerprint density at radius 1 is 1.09 bits per heavy atom. The highest BCUT2D eigenvalue weighted by Gasteiger charge is 2.30. The Kier molecular flexibility index (Phi) is 7.66. The number of nitrogens with zero attached hydrogens (tertiary/aromatic N) is 1. The van der Waals surface area contributed by atoms with Gasteiger partial charge in [0, 0.05) is 5.56 Å². The number of amides is 3. The molecule has 2 aromatic carbocycles. The van der Waals surface area contributed by atoms with E-state index in [1.54, 1.807) is 62.4 Å². The van der Waals surface area contributed by atoms with Gasteiger partial charge in [0.25, 0.3) is 11.8 Å². The van der Waals surface area contributed by atoms with Gasteiger partial charge < -0.3 is 20.1 Å². The first-order chi connectivity index (χ1) is 15.8. The first-order valence-electron chi connectivity index (χ1n) is 10.7. The molecule has 1 aliphatic rings. The van der Waals surface area contributed by atoms with Gasteiger partial charge in [-0.25, -0.2) is 4.79 Å². The summed E-state index contributed by atoms with van der Waals surface area (Å²) in [6, 6.07) is 12.5. The van der Waals surface area contributed by atoms with Crippen molar-refractivity contribution in [2.24, 2.45) is 5.92 Å². The van der Waals surface area contributed by atoms with Crippen LogP contribution in [-0.4, -0.2) is 49.5 Å². The number of ether oxygens (including phenoxy) is 2. The van der Waals surface area contributed by atoms with E-state index in [0.29, 0.717) is 29.3 Å². The summed E-state index contributed by atoms with van der Waals surface area (Å²) in [5, 5.41) is 5.36. The minimum atomic E-state index is -0.950. The van der Waals surface area contributed by atoms with Crippen molar-refractivity contribution in [3.05, 3.63) is 54.1 Å². The minimum absolute atomic E-state index is 0.171. The lowest BCUT2D eigenvalue weighted by Gasteiger charge is -2.29. The van der Waals surface area contributed by atoms with Crippen molar-refractivity contribution in [3.63, 3.8) is 0 Å². The Balaban J connectivity index is 1.62. The van der Waals surface area contributed by atoms with Crippen LogP contribution in [0.4, 0.5) is 11.4 Å². The number of fused-ring (bicyclic) bond motifs is 1. The third-order valence-electron chi connectivity index (χ3n) is 5.04. The third kappa shape index (κ3) is 5.88. The molecule has 0 aromatic heterocycles. The molecule has 2 N–H and O–H groups in total. The highest BCUT2D eigenvalue weighted by Crippen LogP contribution is 2.28. The van der Waals surface area contributed by atoms with Crippen LogP contribution in [0.25, 0.3) is 0 Å². The largest absolute Gasteiger partial charge is 0.494 e. The number of hydrogen-bond acceptors (Lipinski definition) is 6. The van der Waals surface area contributed by atoms with E-state index in [2.05, 4.69) is 10.6 Å². The molecule has 0 fully saturated rings. The molecule has 0 spiro atoms. The van der Waals surface area contributed by atoms with E-state index < -0.39 is 30.4 Å². The van der Waals surface area contributed by atoms with Crippen molar-refractivity contribution in [3.8, 4) is 5.75 Å². The summed E-state index contributed by atoms with van der Waals surface area (Å²) in [4.78, 5) is 51.2. The van der Waals surface area contributed by atoms with Crippen LogP contribution in [0.1, 0.15) is 31.1 Å². The number of esters is 1. The Bertz CT molecular complexity index is 1030. The van der Waals surface area contributed by atoms with Gasteiger partial charge in [0.05, 0.1) is 18.0 Å². The number of anilines is 2. The van der Waals surface area contributed by atoms with Gasteiger partial charge in [0.15, 0.2) is 6.61 Å². The van der Waals surface area contributed by atoms with Crippen molar-refractivity contribution in [2.75, 3.05) is 30.0 Å². The molecule has 2 aromatic rings. The van der Waals surface area contributed by atoms with E-state index >= 15 is 0 Å². The van der Waals surface area contributed by atoms with Crippen LogP contribution < -0.4 is 20.3 Å². The Hall–Kier alpha value is -3.88. The molecule has 1 aliphatic heterocycles. The van der Waals surface area contributed by atoms with Crippen LogP contribution in [-0.2, 0) is 19.1 Å². The predicted molar refractivity (Wildman–Crippen MR) is 122 cm³/mol. The van der Waals surface area contributed by atoms with Gasteiger partial charge in [-0.05, 0) is 49.2 Å².